The van der Waals surface area contributed by atoms with Gasteiger partial charge in [-0.2, -0.15) is 15.0 Å². The van der Waals surface area contributed by atoms with Gasteiger partial charge in [-0.15, -0.1) is 0 Å². The van der Waals surface area contributed by atoms with Gasteiger partial charge in [0.2, 0.25) is 11.1 Å². The summed E-state index contributed by atoms with van der Waals surface area (Å²) >= 11 is 1.27. The van der Waals surface area contributed by atoms with E-state index in [1.807, 2.05) is 6.92 Å². The Labute approximate surface area is 120 Å². The molecule has 0 bridgehead atoms. The van der Waals surface area contributed by atoms with Crippen LogP contribution in [0.4, 0.5) is 10.3 Å². The molecule has 1 aromatic heterocycles. The van der Waals surface area contributed by atoms with Gasteiger partial charge in [-0.25, -0.2) is 10.2 Å². The Balaban J connectivity index is 2.19. The Hall–Kier alpha value is -1.93. The van der Waals surface area contributed by atoms with Gasteiger partial charge >= 0.3 is 6.01 Å². The van der Waals surface area contributed by atoms with E-state index in [0.29, 0.717) is 11.8 Å². The third-order valence-corrected chi connectivity index (χ3v) is 3.05. The Bertz CT molecular complexity index is 566. The van der Waals surface area contributed by atoms with Crippen LogP contribution in [0.15, 0.2) is 34.3 Å². The second-order valence-corrected chi connectivity index (χ2v) is 4.81. The minimum absolute atomic E-state index is 0.208. The third-order valence-electron chi connectivity index (χ3n) is 2.18. The summed E-state index contributed by atoms with van der Waals surface area (Å²) in [7, 11) is 0. The number of hydrazine groups is 1. The standard InChI is InChI=1S/C12H14FN5OS/c1-2-7-19-11-15-10(18-14)16-12(17-11)20-9-5-3-8(13)4-6-9/h3-6H,2,7,14H2,1H3,(H,15,16,17,18). The summed E-state index contributed by atoms with van der Waals surface area (Å²) in [5.41, 5.74) is 2.36. The van der Waals surface area contributed by atoms with Crippen LogP contribution in [0.25, 0.3) is 0 Å². The highest BCUT2D eigenvalue weighted by atomic mass is 32.2. The number of ether oxygens (including phenoxy) is 1. The van der Waals surface area contributed by atoms with E-state index in [0.717, 1.165) is 11.3 Å². The summed E-state index contributed by atoms with van der Waals surface area (Å²) < 4.78 is 18.2. The summed E-state index contributed by atoms with van der Waals surface area (Å²) in [5, 5.41) is 0.422. The van der Waals surface area contributed by atoms with E-state index < -0.39 is 0 Å². The molecule has 20 heavy (non-hydrogen) atoms. The lowest BCUT2D eigenvalue weighted by Gasteiger charge is -2.07. The molecule has 2 rings (SSSR count). The number of nitrogens with zero attached hydrogens (tertiary/aromatic N) is 3. The zero-order valence-corrected chi connectivity index (χ0v) is 11.7. The van der Waals surface area contributed by atoms with Gasteiger partial charge in [-0.05, 0) is 42.4 Å². The number of rotatable bonds is 6. The molecule has 6 nitrogen and oxygen atoms in total. The van der Waals surface area contributed by atoms with Crippen molar-refractivity contribution in [3.05, 3.63) is 30.1 Å². The van der Waals surface area contributed by atoms with Crippen LogP contribution in [-0.2, 0) is 0 Å². The van der Waals surface area contributed by atoms with Crippen molar-refractivity contribution >= 4 is 17.7 Å². The monoisotopic (exact) mass is 295 g/mol. The largest absolute Gasteiger partial charge is 0.463 e. The maximum absolute atomic E-state index is 12.9. The molecule has 0 atom stereocenters. The number of anilines is 1. The molecule has 1 aromatic carbocycles. The minimum atomic E-state index is -0.290. The molecule has 106 valence electrons. The van der Waals surface area contributed by atoms with Crippen LogP contribution in [-0.4, -0.2) is 21.6 Å². The maximum atomic E-state index is 12.9. The molecule has 0 aliphatic carbocycles. The lowest BCUT2D eigenvalue weighted by Crippen LogP contribution is -2.13. The van der Waals surface area contributed by atoms with Gasteiger partial charge < -0.3 is 4.74 Å². The minimum Gasteiger partial charge on any atom is -0.463 e. The molecule has 0 saturated heterocycles. The molecule has 3 N–H and O–H groups in total. The first kappa shape index (κ1) is 14.5. The van der Waals surface area contributed by atoms with Crippen LogP contribution in [0.3, 0.4) is 0 Å². The summed E-state index contributed by atoms with van der Waals surface area (Å²) in [5.74, 6) is 5.24. The van der Waals surface area contributed by atoms with Gasteiger partial charge in [-0.3, -0.25) is 5.43 Å². The van der Waals surface area contributed by atoms with Crippen molar-refractivity contribution in [3.63, 3.8) is 0 Å². The fourth-order valence-electron chi connectivity index (χ4n) is 1.31. The number of benzene rings is 1. The number of nitrogen functional groups attached to an aromatic ring is 1. The van der Waals surface area contributed by atoms with Gasteiger partial charge in [0.05, 0.1) is 6.61 Å². The zero-order valence-electron chi connectivity index (χ0n) is 10.8. The molecule has 0 aliphatic rings. The van der Waals surface area contributed by atoms with Crippen LogP contribution in [0.2, 0.25) is 0 Å². The van der Waals surface area contributed by atoms with Gasteiger partial charge in [0, 0.05) is 4.90 Å². The summed E-state index contributed by atoms with van der Waals surface area (Å²) in [6, 6.07) is 6.25. The lowest BCUT2D eigenvalue weighted by molar-refractivity contribution is 0.288. The van der Waals surface area contributed by atoms with Gasteiger partial charge in [0.25, 0.3) is 0 Å². The van der Waals surface area contributed by atoms with Crippen molar-refractivity contribution in [2.45, 2.75) is 23.4 Å². The third kappa shape index (κ3) is 4.04. The predicted octanol–water partition coefficient (Wildman–Crippen LogP) is 2.24. The van der Waals surface area contributed by atoms with Crippen molar-refractivity contribution in [1.82, 2.24) is 15.0 Å². The Kier molecular flexibility index (Phi) is 5.08. The summed E-state index contributed by atoms with van der Waals surface area (Å²) in [6.45, 7) is 2.49. The van der Waals surface area contributed by atoms with Crippen LogP contribution in [0.5, 0.6) is 6.01 Å². The van der Waals surface area contributed by atoms with E-state index in [-0.39, 0.29) is 17.8 Å². The number of nitrogens with two attached hydrogens (primary N) is 1. The predicted molar refractivity (Wildman–Crippen MR) is 73.9 cm³/mol. The fourth-order valence-corrected chi connectivity index (χ4v) is 2.05. The number of aromatic nitrogens is 3. The summed E-state index contributed by atoms with van der Waals surface area (Å²) in [4.78, 5) is 13.1. The van der Waals surface area contributed by atoms with Crippen LogP contribution >= 0.6 is 11.8 Å². The molecule has 0 aliphatic heterocycles. The summed E-state index contributed by atoms with van der Waals surface area (Å²) in [6.07, 6.45) is 0.845. The van der Waals surface area contributed by atoms with Crippen molar-refractivity contribution < 1.29 is 9.13 Å². The number of hydrogen-bond acceptors (Lipinski definition) is 7. The molecule has 0 saturated carbocycles. The molecule has 8 heteroatoms. The lowest BCUT2D eigenvalue weighted by atomic mass is 10.4. The quantitative estimate of drug-likeness (QED) is 0.624. The van der Waals surface area contributed by atoms with E-state index in [2.05, 4.69) is 20.4 Å². The average Bonchev–Trinajstić information content (AvgIpc) is 2.47. The second kappa shape index (κ2) is 7.01. The van der Waals surface area contributed by atoms with E-state index >= 15 is 0 Å². The Morgan fingerprint density at radius 3 is 2.65 bits per heavy atom. The van der Waals surface area contributed by atoms with E-state index in [9.17, 15) is 4.39 Å². The van der Waals surface area contributed by atoms with Crippen LogP contribution in [0.1, 0.15) is 13.3 Å². The van der Waals surface area contributed by atoms with E-state index in [4.69, 9.17) is 10.6 Å². The molecule has 0 fully saturated rings. The van der Waals surface area contributed by atoms with Crippen molar-refractivity contribution in [1.29, 1.82) is 0 Å². The second-order valence-electron chi connectivity index (χ2n) is 3.77. The molecule has 0 radical (unpaired) electrons. The molecule has 0 unspecified atom stereocenters. The fraction of sp³-hybridized carbons (Fsp3) is 0.250. The van der Waals surface area contributed by atoms with Crippen molar-refractivity contribution in [2.75, 3.05) is 12.0 Å². The first-order chi connectivity index (χ1) is 9.71. The highest BCUT2D eigenvalue weighted by Gasteiger charge is 2.08. The highest BCUT2D eigenvalue weighted by molar-refractivity contribution is 7.99. The van der Waals surface area contributed by atoms with E-state index in [1.165, 1.54) is 23.9 Å². The van der Waals surface area contributed by atoms with Crippen LogP contribution in [0, 0.1) is 5.82 Å². The van der Waals surface area contributed by atoms with Crippen LogP contribution < -0.4 is 16.0 Å². The molecule has 0 spiro atoms. The topological polar surface area (TPSA) is 86.0 Å². The Morgan fingerprint density at radius 1 is 1.25 bits per heavy atom. The first-order valence-electron chi connectivity index (χ1n) is 6.00. The van der Waals surface area contributed by atoms with E-state index in [1.54, 1.807) is 12.1 Å². The van der Waals surface area contributed by atoms with Crippen molar-refractivity contribution in [2.24, 2.45) is 5.84 Å². The number of halogens is 1. The zero-order chi connectivity index (χ0) is 14.4. The SMILES string of the molecule is CCCOc1nc(NN)nc(Sc2ccc(F)cc2)n1. The molecule has 0 amide bonds. The molecule has 2 aromatic rings. The number of hydrogen-bond donors (Lipinski definition) is 2. The molecular weight excluding hydrogens is 281 g/mol. The molecule has 1 heterocycles. The normalized spacial score (nSPS) is 10.3. The Morgan fingerprint density at radius 2 is 2.00 bits per heavy atom. The smallest absolute Gasteiger partial charge is 0.322 e. The van der Waals surface area contributed by atoms with Gasteiger partial charge in [0.1, 0.15) is 5.82 Å². The van der Waals surface area contributed by atoms with Gasteiger partial charge in [0.15, 0.2) is 0 Å². The molecular formula is C12H14FN5OS. The first-order valence-corrected chi connectivity index (χ1v) is 6.82. The maximum Gasteiger partial charge on any atom is 0.322 e. The number of nitrogens with one attached hydrogen (secondary N) is 1. The van der Waals surface area contributed by atoms with Gasteiger partial charge in [-0.1, -0.05) is 6.92 Å². The highest BCUT2D eigenvalue weighted by Crippen LogP contribution is 2.26. The average molecular weight is 295 g/mol. The van der Waals surface area contributed by atoms with Crippen molar-refractivity contribution in [3.8, 4) is 6.01 Å².